The number of hydrogen-bond acceptors (Lipinski definition) is 2. The lowest BCUT2D eigenvalue weighted by Gasteiger charge is -2.35. The van der Waals surface area contributed by atoms with Crippen molar-refractivity contribution < 1.29 is 9.90 Å². The molecule has 0 aromatic rings. The van der Waals surface area contributed by atoms with Crippen LogP contribution in [0.1, 0.15) is 26.7 Å². The summed E-state index contributed by atoms with van der Waals surface area (Å²) in [6, 6.07) is 0. The SMILES string of the molecule is CN(C(=O)O)C(C)(C)C[C@H]1CCNC1. The van der Waals surface area contributed by atoms with Gasteiger partial charge in [-0.15, -0.1) is 0 Å². The van der Waals surface area contributed by atoms with Gasteiger partial charge in [-0.05, 0) is 45.7 Å². The first-order chi connectivity index (χ1) is 6.43. The van der Waals surface area contributed by atoms with E-state index in [1.165, 1.54) is 4.90 Å². The molecule has 0 unspecified atom stereocenters. The molecule has 1 atom stereocenters. The fourth-order valence-electron chi connectivity index (χ4n) is 1.99. The molecule has 0 aromatic heterocycles. The lowest BCUT2D eigenvalue weighted by molar-refractivity contribution is 0.0979. The van der Waals surface area contributed by atoms with Gasteiger partial charge in [-0.25, -0.2) is 4.79 Å². The Hall–Kier alpha value is -0.770. The smallest absolute Gasteiger partial charge is 0.407 e. The van der Waals surface area contributed by atoms with E-state index < -0.39 is 6.09 Å². The Morgan fingerprint density at radius 3 is 2.71 bits per heavy atom. The summed E-state index contributed by atoms with van der Waals surface area (Å²) in [5.41, 5.74) is -0.261. The van der Waals surface area contributed by atoms with Gasteiger partial charge in [0.25, 0.3) is 0 Å². The van der Waals surface area contributed by atoms with E-state index in [1.54, 1.807) is 7.05 Å². The van der Waals surface area contributed by atoms with Crippen molar-refractivity contribution in [3.8, 4) is 0 Å². The van der Waals surface area contributed by atoms with E-state index in [-0.39, 0.29) is 5.54 Å². The van der Waals surface area contributed by atoms with Gasteiger partial charge in [-0.2, -0.15) is 0 Å². The summed E-state index contributed by atoms with van der Waals surface area (Å²) in [7, 11) is 1.64. The fourth-order valence-corrected chi connectivity index (χ4v) is 1.99. The van der Waals surface area contributed by atoms with Crippen molar-refractivity contribution in [3.63, 3.8) is 0 Å². The highest BCUT2D eigenvalue weighted by Crippen LogP contribution is 2.25. The number of nitrogens with one attached hydrogen (secondary N) is 1. The molecule has 1 amide bonds. The maximum atomic E-state index is 10.8. The molecule has 0 aromatic carbocycles. The molecule has 14 heavy (non-hydrogen) atoms. The van der Waals surface area contributed by atoms with Crippen LogP contribution in [-0.4, -0.2) is 41.8 Å². The Labute approximate surface area is 85.3 Å². The fraction of sp³-hybridized carbons (Fsp3) is 0.900. The summed E-state index contributed by atoms with van der Waals surface area (Å²) < 4.78 is 0. The first-order valence-electron chi connectivity index (χ1n) is 5.11. The van der Waals surface area contributed by atoms with Crippen LogP contribution >= 0.6 is 0 Å². The quantitative estimate of drug-likeness (QED) is 0.723. The lowest BCUT2D eigenvalue weighted by atomic mass is 9.89. The Balaban J connectivity index is 2.51. The minimum absolute atomic E-state index is 0.261. The molecular weight excluding hydrogens is 180 g/mol. The second-order valence-corrected chi connectivity index (χ2v) is 4.72. The standard InChI is InChI=1S/C10H20N2O2/c1-10(2,12(3)9(13)14)6-8-4-5-11-7-8/h8,11H,4-7H2,1-3H3,(H,13,14)/t8-/m1/s1. The van der Waals surface area contributed by atoms with E-state index in [2.05, 4.69) is 5.32 Å². The van der Waals surface area contributed by atoms with Crippen LogP contribution in [0.4, 0.5) is 4.79 Å². The maximum absolute atomic E-state index is 10.8. The predicted molar refractivity (Wildman–Crippen MR) is 55.5 cm³/mol. The molecule has 1 rings (SSSR count). The zero-order valence-electron chi connectivity index (χ0n) is 9.21. The molecule has 0 bridgehead atoms. The largest absolute Gasteiger partial charge is 0.465 e. The van der Waals surface area contributed by atoms with Gasteiger partial charge in [0.2, 0.25) is 0 Å². The van der Waals surface area contributed by atoms with Gasteiger partial charge < -0.3 is 15.3 Å². The van der Waals surface area contributed by atoms with Crippen LogP contribution in [0.2, 0.25) is 0 Å². The molecule has 1 aliphatic rings. The van der Waals surface area contributed by atoms with E-state index in [0.717, 1.165) is 25.9 Å². The molecule has 4 heteroatoms. The van der Waals surface area contributed by atoms with Gasteiger partial charge in [-0.3, -0.25) is 0 Å². The van der Waals surface area contributed by atoms with Gasteiger partial charge in [0.15, 0.2) is 0 Å². The van der Waals surface area contributed by atoms with Crippen molar-refractivity contribution in [2.45, 2.75) is 32.2 Å². The number of rotatable bonds is 3. The minimum atomic E-state index is -0.846. The molecule has 2 N–H and O–H groups in total. The van der Waals surface area contributed by atoms with E-state index in [0.29, 0.717) is 5.92 Å². The molecule has 0 spiro atoms. The normalized spacial score (nSPS) is 22.4. The van der Waals surface area contributed by atoms with Crippen LogP contribution < -0.4 is 5.32 Å². The van der Waals surface area contributed by atoms with Gasteiger partial charge in [0, 0.05) is 12.6 Å². The Morgan fingerprint density at radius 2 is 2.29 bits per heavy atom. The molecule has 1 saturated heterocycles. The molecule has 4 nitrogen and oxygen atoms in total. The Kier molecular flexibility index (Phi) is 3.37. The summed E-state index contributed by atoms with van der Waals surface area (Å²) in [5.74, 6) is 0.617. The van der Waals surface area contributed by atoms with Crippen molar-refractivity contribution in [1.82, 2.24) is 10.2 Å². The van der Waals surface area contributed by atoms with Crippen LogP contribution in [0.5, 0.6) is 0 Å². The lowest BCUT2D eigenvalue weighted by Crippen LogP contribution is -2.45. The molecule has 1 heterocycles. The van der Waals surface area contributed by atoms with Gasteiger partial charge in [0.1, 0.15) is 0 Å². The van der Waals surface area contributed by atoms with Crippen molar-refractivity contribution >= 4 is 6.09 Å². The third-order valence-electron chi connectivity index (χ3n) is 3.15. The Morgan fingerprint density at radius 1 is 1.64 bits per heavy atom. The monoisotopic (exact) mass is 200 g/mol. The topological polar surface area (TPSA) is 52.6 Å². The average molecular weight is 200 g/mol. The second-order valence-electron chi connectivity index (χ2n) is 4.72. The van der Waals surface area contributed by atoms with Crippen LogP contribution in [0.3, 0.4) is 0 Å². The molecule has 0 aliphatic carbocycles. The first-order valence-corrected chi connectivity index (χ1v) is 5.11. The van der Waals surface area contributed by atoms with E-state index in [9.17, 15) is 4.79 Å². The van der Waals surface area contributed by atoms with Crippen molar-refractivity contribution in [2.75, 3.05) is 20.1 Å². The molecule has 1 fully saturated rings. The zero-order chi connectivity index (χ0) is 10.8. The molecular formula is C10H20N2O2. The van der Waals surface area contributed by atoms with Crippen molar-refractivity contribution in [1.29, 1.82) is 0 Å². The molecule has 0 radical (unpaired) electrons. The molecule has 1 aliphatic heterocycles. The van der Waals surface area contributed by atoms with Crippen LogP contribution in [0.15, 0.2) is 0 Å². The van der Waals surface area contributed by atoms with Crippen LogP contribution in [-0.2, 0) is 0 Å². The minimum Gasteiger partial charge on any atom is -0.465 e. The van der Waals surface area contributed by atoms with Crippen LogP contribution in [0.25, 0.3) is 0 Å². The second kappa shape index (κ2) is 4.17. The van der Waals surface area contributed by atoms with Gasteiger partial charge in [-0.1, -0.05) is 0 Å². The highest BCUT2D eigenvalue weighted by atomic mass is 16.4. The van der Waals surface area contributed by atoms with Crippen molar-refractivity contribution in [3.05, 3.63) is 0 Å². The third-order valence-corrected chi connectivity index (χ3v) is 3.15. The van der Waals surface area contributed by atoms with E-state index in [1.807, 2.05) is 13.8 Å². The van der Waals surface area contributed by atoms with Crippen molar-refractivity contribution in [2.24, 2.45) is 5.92 Å². The molecule has 0 saturated carbocycles. The van der Waals surface area contributed by atoms with Crippen LogP contribution in [0, 0.1) is 5.92 Å². The number of carbonyl (C=O) groups is 1. The van der Waals surface area contributed by atoms with E-state index in [4.69, 9.17) is 5.11 Å². The first kappa shape index (κ1) is 11.3. The maximum Gasteiger partial charge on any atom is 0.407 e. The van der Waals surface area contributed by atoms with E-state index >= 15 is 0 Å². The Bertz CT molecular complexity index is 210. The third kappa shape index (κ3) is 2.61. The summed E-state index contributed by atoms with van der Waals surface area (Å²) >= 11 is 0. The summed E-state index contributed by atoms with van der Waals surface area (Å²) in [5, 5.41) is 12.2. The predicted octanol–water partition coefficient (Wildman–Crippen LogP) is 1.37. The number of hydrogen-bond donors (Lipinski definition) is 2. The van der Waals surface area contributed by atoms with Gasteiger partial charge >= 0.3 is 6.09 Å². The summed E-state index contributed by atoms with van der Waals surface area (Å²) in [4.78, 5) is 12.2. The highest BCUT2D eigenvalue weighted by Gasteiger charge is 2.31. The number of amides is 1. The van der Waals surface area contributed by atoms with Gasteiger partial charge in [0.05, 0.1) is 0 Å². The average Bonchev–Trinajstić information content (AvgIpc) is 2.54. The highest BCUT2D eigenvalue weighted by molar-refractivity contribution is 5.65. The molecule has 82 valence electrons. The summed E-state index contributed by atoms with van der Waals surface area (Å²) in [6.45, 7) is 6.06. The number of carboxylic acid groups (broad SMARTS) is 1. The summed E-state index contributed by atoms with van der Waals surface area (Å²) in [6.07, 6.45) is 1.25. The zero-order valence-corrected chi connectivity index (χ0v) is 9.21. The number of nitrogens with zero attached hydrogens (tertiary/aromatic N) is 1.